The molecule has 15 heteroatoms. The lowest BCUT2D eigenvalue weighted by Gasteiger charge is -2.31. The van der Waals surface area contributed by atoms with Gasteiger partial charge in [0, 0.05) is 58.9 Å². The molecule has 0 radical (unpaired) electrons. The predicted octanol–water partition coefficient (Wildman–Crippen LogP) is -0.471. The summed E-state index contributed by atoms with van der Waals surface area (Å²) >= 11 is 0. The number of hydrogen-bond acceptors (Lipinski definition) is 11. The first kappa shape index (κ1) is 34.4. The second-order valence-corrected chi connectivity index (χ2v) is 11.4. The van der Waals surface area contributed by atoms with Crippen LogP contribution < -0.4 is 21.4 Å². The van der Waals surface area contributed by atoms with Crippen LogP contribution in [-0.4, -0.2) is 131 Å². The zero-order valence-corrected chi connectivity index (χ0v) is 26.0. The van der Waals surface area contributed by atoms with Crippen LogP contribution in [-0.2, 0) is 25.7 Å². The van der Waals surface area contributed by atoms with E-state index in [0.29, 0.717) is 81.0 Å². The van der Waals surface area contributed by atoms with Gasteiger partial charge >= 0.3 is 11.9 Å². The van der Waals surface area contributed by atoms with Gasteiger partial charge in [0.25, 0.3) is 0 Å². The number of para-hydroxylation sites is 1. The summed E-state index contributed by atoms with van der Waals surface area (Å²) in [5.41, 5.74) is 1.19. The number of nitrogens with zero attached hydrogens (tertiary/aromatic N) is 4. The molecule has 15 nitrogen and oxygen atoms in total. The lowest BCUT2D eigenvalue weighted by Crippen LogP contribution is -2.50. The molecular weight excluding hydrogens is 598 g/mol. The van der Waals surface area contributed by atoms with E-state index in [0.717, 1.165) is 0 Å². The van der Waals surface area contributed by atoms with Crippen molar-refractivity contribution in [2.75, 3.05) is 65.4 Å². The van der Waals surface area contributed by atoms with Crippen LogP contribution in [0.25, 0.3) is 22.1 Å². The van der Waals surface area contributed by atoms with Crippen molar-refractivity contribution in [2.45, 2.75) is 32.5 Å². The summed E-state index contributed by atoms with van der Waals surface area (Å²) in [6.07, 6.45) is 0. The number of carbonyl (C=O) groups excluding carboxylic acids is 2. The van der Waals surface area contributed by atoms with Crippen molar-refractivity contribution in [2.24, 2.45) is 0 Å². The Morgan fingerprint density at radius 2 is 1.35 bits per heavy atom. The molecule has 248 valence electrons. The number of carboxylic acids is 2. The van der Waals surface area contributed by atoms with Crippen LogP contribution in [0.15, 0.2) is 45.6 Å². The van der Waals surface area contributed by atoms with Crippen LogP contribution in [0.2, 0.25) is 0 Å². The van der Waals surface area contributed by atoms with Crippen LogP contribution in [0.1, 0.15) is 19.5 Å². The Morgan fingerprint density at radius 1 is 0.804 bits per heavy atom. The molecule has 0 spiro atoms. The molecule has 1 aromatic carbocycles. The van der Waals surface area contributed by atoms with Gasteiger partial charge in [-0.1, -0.05) is 12.1 Å². The van der Waals surface area contributed by atoms with E-state index < -0.39 is 24.0 Å². The van der Waals surface area contributed by atoms with Gasteiger partial charge in [0.2, 0.25) is 23.0 Å². The van der Waals surface area contributed by atoms with Crippen LogP contribution >= 0.6 is 0 Å². The van der Waals surface area contributed by atoms with Crippen LogP contribution in [0, 0.1) is 0 Å². The molecule has 0 unspecified atom stereocenters. The summed E-state index contributed by atoms with van der Waals surface area (Å²) in [7, 11) is 0. The molecule has 5 N–H and O–H groups in total. The third-order valence-electron chi connectivity index (χ3n) is 7.79. The number of carboxylic acid groups (broad SMARTS) is 2. The Morgan fingerprint density at radius 3 is 1.91 bits per heavy atom. The molecule has 1 aliphatic rings. The van der Waals surface area contributed by atoms with E-state index in [2.05, 4.69) is 25.8 Å². The van der Waals surface area contributed by atoms with Gasteiger partial charge in [-0.15, -0.1) is 0 Å². The highest BCUT2D eigenvalue weighted by atomic mass is 16.4. The molecule has 2 amide bonds. The minimum absolute atomic E-state index is 0.0215. The first-order valence-corrected chi connectivity index (χ1v) is 15.2. The molecule has 46 heavy (non-hydrogen) atoms. The molecule has 0 aliphatic carbocycles. The van der Waals surface area contributed by atoms with Gasteiger partial charge in [-0.25, -0.2) is 4.98 Å². The fraction of sp³-hybridized carbons (Fsp3) is 0.484. The van der Waals surface area contributed by atoms with Gasteiger partial charge in [-0.2, -0.15) is 0 Å². The van der Waals surface area contributed by atoms with Gasteiger partial charge in [0.15, 0.2) is 0 Å². The van der Waals surface area contributed by atoms with Crippen molar-refractivity contribution < 1.29 is 33.8 Å². The van der Waals surface area contributed by atoms with Gasteiger partial charge in [0.1, 0.15) is 17.7 Å². The first-order valence-electron chi connectivity index (χ1n) is 15.2. The molecule has 3 aromatic rings. The highest BCUT2D eigenvalue weighted by Crippen LogP contribution is 2.18. The number of aliphatic carboxylic acids is 2. The largest absolute Gasteiger partial charge is 0.480 e. The third-order valence-corrected chi connectivity index (χ3v) is 7.79. The van der Waals surface area contributed by atoms with Crippen molar-refractivity contribution in [1.29, 1.82) is 0 Å². The Balaban J connectivity index is 1.52. The number of nitrogens with one attached hydrogen (secondary N) is 3. The maximum absolute atomic E-state index is 13.0. The van der Waals surface area contributed by atoms with Gasteiger partial charge < -0.3 is 30.6 Å². The molecular formula is C31H41N7O8. The van der Waals surface area contributed by atoms with E-state index in [1.54, 1.807) is 36.4 Å². The van der Waals surface area contributed by atoms with Crippen molar-refractivity contribution in [3.8, 4) is 0 Å². The molecule has 1 fully saturated rings. The van der Waals surface area contributed by atoms with E-state index in [1.165, 1.54) is 13.8 Å². The fourth-order valence-corrected chi connectivity index (χ4v) is 5.12. The second-order valence-electron chi connectivity index (χ2n) is 11.4. The van der Waals surface area contributed by atoms with E-state index in [9.17, 15) is 24.0 Å². The number of pyridine rings is 1. The maximum atomic E-state index is 13.0. The Kier molecular flexibility index (Phi) is 12.1. The van der Waals surface area contributed by atoms with E-state index in [-0.39, 0.29) is 36.0 Å². The molecule has 2 atom stereocenters. The summed E-state index contributed by atoms with van der Waals surface area (Å²) in [4.78, 5) is 71.3. The van der Waals surface area contributed by atoms with Gasteiger partial charge in [-0.3, -0.25) is 38.7 Å². The lowest BCUT2D eigenvalue weighted by molar-refractivity contribution is -0.141. The Hall–Kier alpha value is -4.44. The van der Waals surface area contributed by atoms with E-state index >= 15 is 0 Å². The normalized spacial score (nSPS) is 17.4. The lowest BCUT2D eigenvalue weighted by atomic mass is 10.2. The summed E-state index contributed by atoms with van der Waals surface area (Å²) in [5, 5.41) is 27.5. The Bertz CT molecular complexity index is 1560. The zero-order chi connectivity index (χ0) is 33.2. The smallest absolute Gasteiger partial charge is 0.325 e. The standard InChI is InChI=1S/C31H41N7O8/c1-20(30(42)43)33-26(39)18-36-11-9-32-10-12-37(19-27(40)34-21(2)31(44)45)14-16-38(15-13-36)17-22-7-8-24-28(41)23-5-3-4-6-25(23)46-29(24)35-22/h3-8,20-21,32H,9-19H2,1-2H3,(H,33,39)(H,34,40)(H,42,43)(H,44,45)/t20-,21-/m0/s1. The SMILES string of the molecule is C[C@H](NC(=O)CN1CCNCCN(CC(=O)N[C@@H](C)C(=O)O)CCN(Cc2ccc3c(=O)c4ccccc4oc3n2)CC1)C(=O)O. The monoisotopic (exact) mass is 639 g/mol. The van der Waals surface area contributed by atoms with Crippen LogP contribution in [0.4, 0.5) is 0 Å². The average molecular weight is 640 g/mol. The third kappa shape index (κ3) is 9.78. The first-order chi connectivity index (χ1) is 22.0. The summed E-state index contributed by atoms with van der Waals surface area (Å²) in [5.74, 6) is -3.01. The van der Waals surface area contributed by atoms with Crippen LogP contribution in [0.3, 0.4) is 0 Å². The topological polar surface area (TPSA) is 198 Å². The number of carbonyl (C=O) groups is 4. The number of benzene rings is 1. The minimum Gasteiger partial charge on any atom is -0.480 e. The van der Waals surface area contributed by atoms with Gasteiger partial charge in [-0.05, 0) is 38.1 Å². The van der Waals surface area contributed by atoms with Crippen molar-refractivity contribution in [3.63, 3.8) is 0 Å². The molecule has 3 heterocycles. The van der Waals surface area contributed by atoms with Gasteiger partial charge in [0.05, 0.1) is 29.6 Å². The quantitative estimate of drug-likeness (QED) is 0.179. The number of hydrogen-bond donors (Lipinski definition) is 5. The summed E-state index contributed by atoms with van der Waals surface area (Å²) < 4.78 is 5.96. The zero-order valence-electron chi connectivity index (χ0n) is 26.0. The number of aromatic nitrogens is 1. The number of amides is 2. The van der Waals surface area contributed by atoms with Crippen molar-refractivity contribution in [3.05, 3.63) is 52.3 Å². The van der Waals surface area contributed by atoms with E-state index in [4.69, 9.17) is 14.6 Å². The second kappa shape index (κ2) is 16.2. The summed E-state index contributed by atoms with van der Waals surface area (Å²) in [6, 6.07) is 8.47. The van der Waals surface area contributed by atoms with Crippen molar-refractivity contribution in [1.82, 2.24) is 35.6 Å². The summed E-state index contributed by atoms with van der Waals surface area (Å²) in [6.45, 7) is 7.40. The average Bonchev–Trinajstić information content (AvgIpc) is 3.00. The number of fused-ring (bicyclic) bond motifs is 2. The highest BCUT2D eigenvalue weighted by Gasteiger charge is 2.21. The predicted molar refractivity (Wildman–Crippen MR) is 169 cm³/mol. The molecule has 0 saturated carbocycles. The molecule has 2 aromatic heterocycles. The Labute approximate surface area is 265 Å². The van der Waals surface area contributed by atoms with E-state index in [1.807, 2.05) is 9.80 Å². The molecule has 1 saturated heterocycles. The minimum atomic E-state index is -1.11. The molecule has 1 aliphatic heterocycles. The van der Waals surface area contributed by atoms with Crippen molar-refractivity contribution >= 4 is 45.8 Å². The molecule has 4 rings (SSSR count). The number of rotatable bonds is 10. The highest BCUT2D eigenvalue weighted by molar-refractivity contribution is 5.88. The maximum Gasteiger partial charge on any atom is 0.325 e. The van der Waals surface area contributed by atoms with Crippen LogP contribution in [0.5, 0.6) is 0 Å². The molecule has 0 bridgehead atoms. The fourth-order valence-electron chi connectivity index (χ4n) is 5.12.